The number of anilines is 1. The Morgan fingerprint density at radius 1 is 1.12 bits per heavy atom. The number of ether oxygens (including phenoxy) is 2. The fraction of sp³-hybridized carbons (Fsp3) is 0.200. The highest BCUT2D eigenvalue weighted by molar-refractivity contribution is 6.32. The molecule has 0 spiro atoms. The molecule has 0 aliphatic heterocycles. The van der Waals surface area contributed by atoms with Crippen molar-refractivity contribution in [3.05, 3.63) is 71.2 Å². The number of hydrogen-bond donors (Lipinski definition) is 1. The molecule has 3 aromatic carbocycles. The number of benzene rings is 3. The van der Waals surface area contributed by atoms with Crippen molar-refractivity contribution < 1.29 is 18.7 Å². The summed E-state index contributed by atoms with van der Waals surface area (Å²) in [4.78, 5) is 17.3. The Morgan fingerprint density at radius 3 is 2.78 bits per heavy atom. The second-order valence-corrected chi connectivity index (χ2v) is 7.64. The Hall–Kier alpha value is -3.51. The van der Waals surface area contributed by atoms with Gasteiger partial charge in [0.25, 0.3) is 5.91 Å². The van der Waals surface area contributed by atoms with Crippen LogP contribution in [0.2, 0.25) is 5.02 Å². The number of rotatable bonds is 8. The summed E-state index contributed by atoms with van der Waals surface area (Å²) in [7, 11) is 1.56. The molecular weight excluding hydrogens is 428 g/mol. The molecule has 0 aliphatic carbocycles. The van der Waals surface area contributed by atoms with Gasteiger partial charge in [0.1, 0.15) is 17.0 Å². The van der Waals surface area contributed by atoms with Gasteiger partial charge in [0.2, 0.25) is 5.89 Å². The van der Waals surface area contributed by atoms with Crippen LogP contribution < -0.4 is 14.8 Å². The number of hydrogen-bond acceptors (Lipinski definition) is 5. The summed E-state index contributed by atoms with van der Waals surface area (Å²) in [6.07, 6.45) is 2.02. The number of methoxy groups -OCH3 is 1. The molecule has 7 heteroatoms. The van der Waals surface area contributed by atoms with E-state index in [0.29, 0.717) is 51.4 Å². The van der Waals surface area contributed by atoms with Crippen LogP contribution in [0.1, 0.15) is 30.1 Å². The highest BCUT2D eigenvalue weighted by Gasteiger charge is 2.13. The number of nitrogens with zero attached hydrogens (tertiary/aromatic N) is 1. The summed E-state index contributed by atoms with van der Waals surface area (Å²) in [5, 5.41) is 3.38. The molecular formula is C25H23ClN2O4. The standard InChI is InChI=1S/C25H23ClN2O4/c1-3-4-12-31-19-7-5-6-16(13-19)24(29)27-18-9-11-23-21(15-18)28-25(32-23)17-8-10-22(30-2)20(26)14-17/h5-11,13-15H,3-4,12H2,1-2H3,(H,27,29). The van der Waals surface area contributed by atoms with Gasteiger partial charge in [-0.2, -0.15) is 0 Å². The summed E-state index contributed by atoms with van der Waals surface area (Å²) < 4.78 is 16.7. The molecule has 0 unspecified atom stereocenters. The van der Waals surface area contributed by atoms with E-state index in [9.17, 15) is 4.79 Å². The lowest BCUT2D eigenvalue weighted by atomic mass is 10.2. The lowest BCUT2D eigenvalue weighted by Gasteiger charge is -2.08. The fourth-order valence-corrected chi connectivity index (χ4v) is 3.45. The van der Waals surface area contributed by atoms with Crippen LogP contribution in [0.25, 0.3) is 22.6 Å². The van der Waals surface area contributed by atoms with E-state index in [-0.39, 0.29) is 5.91 Å². The first-order chi connectivity index (χ1) is 15.6. The number of carbonyl (C=O) groups is 1. The third-order valence-electron chi connectivity index (χ3n) is 4.91. The summed E-state index contributed by atoms with van der Waals surface area (Å²) in [6.45, 7) is 2.74. The van der Waals surface area contributed by atoms with Crippen LogP contribution in [-0.4, -0.2) is 24.6 Å². The molecule has 164 valence electrons. The minimum atomic E-state index is -0.226. The van der Waals surface area contributed by atoms with Crippen LogP contribution in [-0.2, 0) is 0 Å². The first-order valence-electron chi connectivity index (χ1n) is 10.4. The average Bonchev–Trinajstić information content (AvgIpc) is 3.23. The molecule has 1 heterocycles. The Labute approximate surface area is 191 Å². The Balaban J connectivity index is 1.51. The van der Waals surface area contributed by atoms with E-state index >= 15 is 0 Å². The van der Waals surface area contributed by atoms with Gasteiger partial charge < -0.3 is 19.2 Å². The Morgan fingerprint density at radius 2 is 2.00 bits per heavy atom. The summed E-state index contributed by atoms with van der Waals surface area (Å²) >= 11 is 6.21. The van der Waals surface area contributed by atoms with E-state index in [1.165, 1.54) is 0 Å². The van der Waals surface area contributed by atoms with Gasteiger partial charge in [0.05, 0.1) is 18.7 Å². The largest absolute Gasteiger partial charge is 0.495 e. The average molecular weight is 451 g/mol. The smallest absolute Gasteiger partial charge is 0.255 e. The SMILES string of the molecule is CCCCOc1cccc(C(=O)Nc2ccc3oc(-c4ccc(OC)c(Cl)c4)nc3c2)c1. The third-order valence-corrected chi connectivity index (χ3v) is 5.20. The number of aromatic nitrogens is 1. The van der Waals surface area contributed by atoms with Crippen LogP contribution in [0.3, 0.4) is 0 Å². The monoisotopic (exact) mass is 450 g/mol. The van der Waals surface area contributed by atoms with E-state index in [4.69, 9.17) is 25.5 Å². The van der Waals surface area contributed by atoms with Crippen molar-refractivity contribution in [2.45, 2.75) is 19.8 Å². The number of unbranched alkanes of at least 4 members (excludes halogenated alkanes) is 1. The molecule has 1 amide bonds. The number of nitrogens with one attached hydrogen (secondary N) is 1. The molecule has 4 aromatic rings. The van der Waals surface area contributed by atoms with Crippen LogP contribution in [0.4, 0.5) is 5.69 Å². The van der Waals surface area contributed by atoms with Gasteiger partial charge in [-0.1, -0.05) is 31.0 Å². The van der Waals surface area contributed by atoms with Gasteiger partial charge in [-0.15, -0.1) is 0 Å². The molecule has 1 aromatic heterocycles. The topological polar surface area (TPSA) is 73.6 Å². The molecule has 0 fully saturated rings. The molecule has 1 N–H and O–H groups in total. The fourth-order valence-electron chi connectivity index (χ4n) is 3.19. The zero-order valence-electron chi connectivity index (χ0n) is 17.9. The normalized spacial score (nSPS) is 10.8. The minimum absolute atomic E-state index is 0.226. The number of amides is 1. The molecule has 32 heavy (non-hydrogen) atoms. The molecule has 6 nitrogen and oxygen atoms in total. The Bertz CT molecular complexity index is 1250. The zero-order chi connectivity index (χ0) is 22.5. The van der Waals surface area contributed by atoms with E-state index in [0.717, 1.165) is 18.4 Å². The van der Waals surface area contributed by atoms with Gasteiger partial charge in [0, 0.05) is 16.8 Å². The third kappa shape index (κ3) is 4.86. The van der Waals surface area contributed by atoms with Crippen molar-refractivity contribution in [2.24, 2.45) is 0 Å². The number of carbonyl (C=O) groups excluding carboxylic acids is 1. The van der Waals surface area contributed by atoms with E-state index in [2.05, 4.69) is 17.2 Å². The second kappa shape index (κ2) is 9.75. The summed E-state index contributed by atoms with van der Waals surface area (Å²) in [5.41, 5.74) is 3.11. The maximum absolute atomic E-state index is 12.7. The summed E-state index contributed by atoms with van der Waals surface area (Å²) in [6, 6.07) is 17.8. The minimum Gasteiger partial charge on any atom is -0.495 e. The molecule has 0 radical (unpaired) electrons. The van der Waals surface area contributed by atoms with Crippen molar-refractivity contribution >= 4 is 34.3 Å². The maximum atomic E-state index is 12.7. The van der Waals surface area contributed by atoms with Crippen molar-refractivity contribution in [3.8, 4) is 23.0 Å². The van der Waals surface area contributed by atoms with Gasteiger partial charge >= 0.3 is 0 Å². The molecule has 0 aliphatic rings. The molecule has 4 rings (SSSR count). The van der Waals surface area contributed by atoms with Crippen LogP contribution in [0.5, 0.6) is 11.5 Å². The molecule has 0 saturated heterocycles. The van der Waals surface area contributed by atoms with Gasteiger partial charge in [0.15, 0.2) is 5.58 Å². The first-order valence-corrected chi connectivity index (χ1v) is 10.7. The highest BCUT2D eigenvalue weighted by atomic mass is 35.5. The quantitative estimate of drug-likeness (QED) is 0.306. The van der Waals surface area contributed by atoms with Crippen molar-refractivity contribution in [1.29, 1.82) is 0 Å². The lowest BCUT2D eigenvalue weighted by molar-refractivity contribution is 0.102. The maximum Gasteiger partial charge on any atom is 0.255 e. The highest BCUT2D eigenvalue weighted by Crippen LogP contribution is 2.32. The van der Waals surface area contributed by atoms with Crippen LogP contribution in [0, 0.1) is 0 Å². The lowest BCUT2D eigenvalue weighted by Crippen LogP contribution is -2.12. The van der Waals surface area contributed by atoms with Crippen molar-refractivity contribution in [2.75, 3.05) is 19.0 Å². The molecule has 0 bridgehead atoms. The van der Waals surface area contributed by atoms with E-state index in [1.54, 1.807) is 49.6 Å². The van der Waals surface area contributed by atoms with Crippen molar-refractivity contribution in [3.63, 3.8) is 0 Å². The van der Waals surface area contributed by atoms with E-state index < -0.39 is 0 Å². The van der Waals surface area contributed by atoms with Crippen LogP contribution >= 0.6 is 11.6 Å². The van der Waals surface area contributed by atoms with Crippen molar-refractivity contribution in [1.82, 2.24) is 4.98 Å². The van der Waals surface area contributed by atoms with Gasteiger partial charge in [-0.3, -0.25) is 4.79 Å². The predicted molar refractivity (Wildman–Crippen MR) is 126 cm³/mol. The number of fused-ring (bicyclic) bond motifs is 1. The number of halogens is 1. The predicted octanol–water partition coefficient (Wildman–Crippen LogP) is 6.59. The molecule has 0 saturated carbocycles. The Kier molecular flexibility index (Phi) is 6.61. The molecule has 0 atom stereocenters. The van der Waals surface area contributed by atoms with Gasteiger partial charge in [-0.25, -0.2) is 4.98 Å². The zero-order valence-corrected chi connectivity index (χ0v) is 18.6. The van der Waals surface area contributed by atoms with E-state index in [1.807, 2.05) is 18.2 Å². The summed E-state index contributed by atoms with van der Waals surface area (Å²) in [5.74, 6) is 1.47. The second-order valence-electron chi connectivity index (χ2n) is 7.23. The van der Waals surface area contributed by atoms with Crippen LogP contribution in [0.15, 0.2) is 65.1 Å². The number of oxazole rings is 1. The van der Waals surface area contributed by atoms with Gasteiger partial charge in [-0.05, 0) is 61.0 Å². The first kappa shape index (κ1) is 21.7.